The number of hydrogen-bond donors (Lipinski definition) is 1. The fourth-order valence-corrected chi connectivity index (χ4v) is 2.40. The van der Waals surface area contributed by atoms with E-state index in [-0.39, 0.29) is 0 Å². The van der Waals surface area contributed by atoms with Crippen LogP contribution in [0.4, 0.5) is 0 Å². The molecule has 0 saturated heterocycles. The molecule has 1 heterocycles. The van der Waals surface area contributed by atoms with E-state index < -0.39 is 0 Å². The fraction of sp³-hybridized carbons (Fsp3) is 0.769. The topological polar surface area (TPSA) is 24.9 Å². The zero-order chi connectivity index (χ0) is 12.0. The lowest BCUT2D eigenvalue weighted by atomic mass is 10.0. The Hall–Kier alpha value is -0.410. The van der Waals surface area contributed by atoms with Crippen molar-refractivity contribution >= 4 is 11.3 Å². The van der Waals surface area contributed by atoms with Crippen LogP contribution in [0.15, 0.2) is 5.38 Å². The molecule has 1 atom stereocenters. The fourth-order valence-electron chi connectivity index (χ4n) is 1.63. The van der Waals surface area contributed by atoms with Crippen LogP contribution in [-0.4, -0.2) is 17.6 Å². The number of nitrogens with one attached hydrogen (secondary N) is 1. The van der Waals surface area contributed by atoms with Gasteiger partial charge < -0.3 is 5.32 Å². The normalized spacial score (nSPS) is 13.3. The van der Waals surface area contributed by atoms with Crippen LogP contribution in [0, 0.1) is 12.8 Å². The van der Waals surface area contributed by atoms with Crippen LogP contribution in [0.25, 0.3) is 0 Å². The standard InChI is InChI=1S/C13H24N2S/c1-10(2)5-6-11(3)14-8-7-13-15-12(4)9-16-13/h9-11,14H,5-8H2,1-4H3. The highest BCUT2D eigenvalue weighted by Gasteiger charge is 2.04. The Kier molecular flexibility index (Phi) is 5.99. The molecule has 0 aromatic carbocycles. The summed E-state index contributed by atoms with van der Waals surface area (Å²) in [4.78, 5) is 4.46. The maximum Gasteiger partial charge on any atom is 0.0940 e. The largest absolute Gasteiger partial charge is 0.314 e. The van der Waals surface area contributed by atoms with Crippen molar-refractivity contribution in [3.63, 3.8) is 0 Å². The van der Waals surface area contributed by atoms with Gasteiger partial charge in [0.1, 0.15) is 0 Å². The Morgan fingerprint density at radius 1 is 1.31 bits per heavy atom. The number of aryl methyl sites for hydroxylation is 1. The molecule has 0 radical (unpaired) electrons. The van der Waals surface area contributed by atoms with Crippen molar-refractivity contribution in [2.75, 3.05) is 6.54 Å². The molecule has 0 aliphatic heterocycles. The van der Waals surface area contributed by atoms with E-state index in [0.717, 1.165) is 24.6 Å². The minimum atomic E-state index is 0.628. The average molecular weight is 240 g/mol. The summed E-state index contributed by atoms with van der Waals surface area (Å²) in [5.74, 6) is 0.811. The first-order chi connectivity index (χ1) is 7.58. The van der Waals surface area contributed by atoms with Gasteiger partial charge in [0.2, 0.25) is 0 Å². The van der Waals surface area contributed by atoms with E-state index in [1.54, 1.807) is 11.3 Å². The number of thiazole rings is 1. The summed E-state index contributed by atoms with van der Waals surface area (Å²) >= 11 is 1.77. The van der Waals surface area contributed by atoms with E-state index in [9.17, 15) is 0 Å². The molecule has 3 heteroatoms. The molecule has 0 aliphatic carbocycles. The average Bonchev–Trinajstić information content (AvgIpc) is 2.61. The lowest BCUT2D eigenvalue weighted by Gasteiger charge is -2.14. The maximum atomic E-state index is 4.46. The van der Waals surface area contributed by atoms with E-state index in [1.165, 1.54) is 17.8 Å². The van der Waals surface area contributed by atoms with Gasteiger partial charge in [0, 0.05) is 30.1 Å². The first kappa shape index (κ1) is 13.7. The van der Waals surface area contributed by atoms with E-state index in [2.05, 4.69) is 43.4 Å². The zero-order valence-electron chi connectivity index (χ0n) is 10.9. The molecule has 1 rings (SSSR count). The van der Waals surface area contributed by atoms with Gasteiger partial charge in [0.25, 0.3) is 0 Å². The highest BCUT2D eigenvalue weighted by Crippen LogP contribution is 2.09. The monoisotopic (exact) mass is 240 g/mol. The molecule has 0 spiro atoms. The summed E-state index contributed by atoms with van der Waals surface area (Å²) in [6.45, 7) is 9.94. The molecular formula is C13H24N2S. The molecule has 92 valence electrons. The van der Waals surface area contributed by atoms with Gasteiger partial charge >= 0.3 is 0 Å². The van der Waals surface area contributed by atoms with Gasteiger partial charge in [-0.1, -0.05) is 13.8 Å². The Morgan fingerprint density at radius 3 is 2.62 bits per heavy atom. The second kappa shape index (κ2) is 7.02. The molecule has 1 aromatic rings. The Morgan fingerprint density at radius 2 is 2.06 bits per heavy atom. The van der Waals surface area contributed by atoms with Crippen molar-refractivity contribution in [3.8, 4) is 0 Å². The SMILES string of the molecule is Cc1csc(CCNC(C)CCC(C)C)n1. The molecule has 0 fully saturated rings. The maximum absolute atomic E-state index is 4.46. The molecule has 0 amide bonds. The number of hydrogen-bond acceptors (Lipinski definition) is 3. The van der Waals surface area contributed by atoms with Gasteiger partial charge in [-0.15, -0.1) is 11.3 Å². The van der Waals surface area contributed by atoms with E-state index >= 15 is 0 Å². The summed E-state index contributed by atoms with van der Waals surface area (Å²) in [5, 5.41) is 6.94. The second-order valence-electron chi connectivity index (χ2n) is 4.96. The van der Waals surface area contributed by atoms with Crippen LogP contribution in [0.1, 0.15) is 44.3 Å². The number of nitrogens with zero attached hydrogens (tertiary/aromatic N) is 1. The Bertz CT molecular complexity index is 294. The molecule has 2 nitrogen and oxygen atoms in total. The van der Waals surface area contributed by atoms with Gasteiger partial charge in [0.15, 0.2) is 0 Å². The highest BCUT2D eigenvalue weighted by molar-refractivity contribution is 7.09. The van der Waals surface area contributed by atoms with Crippen LogP contribution in [-0.2, 0) is 6.42 Å². The molecule has 1 N–H and O–H groups in total. The predicted molar refractivity (Wildman–Crippen MR) is 72.1 cm³/mol. The minimum Gasteiger partial charge on any atom is -0.314 e. The molecular weight excluding hydrogens is 216 g/mol. The lowest BCUT2D eigenvalue weighted by molar-refractivity contribution is 0.453. The van der Waals surface area contributed by atoms with Gasteiger partial charge in [0.05, 0.1) is 5.01 Å². The number of aromatic nitrogens is 1. The van der Waals surface area contributed by atoms with E-state index in [4.69, 9.17) is 0 Å². The smallest absolute Gasteiger partial charge is 0.0940 e. The van der Waals surface area contributed by atoms with Crippen LogP contribution in [0.5, 0.6) is 0 Å². The van der Waals surface area contributed by atoms with E-state index in [0.29, 0.717) is 6.04 Å². The quantitative estimate of drug-likeness (QED) is 0.790. The summed E-state index contributed by atoms with van der Waals surface area (Å²) < 4.78 is 0. The summed E-state index contributed by atoms with van der Waals surface area (Å²) in [5.41, 5.74) is 1.15. The van der Waals surface area contributed by atoms with Gasteiger partial charge in [-0.3, -0.25) is 0 Å². The molecule has 16 heavy (non-hydrogen) atoms. The first-order valence-corrected chi connectivity index (χ1v) is 7.10. The number of rotatable bonds is 7. The third kappa shape index (κ3) is 5.61. The van der Waals surface area contributed by atoms with Gasteiger partial charge in [-0.05, 0) is 32.6 Å². The van der Waals surface area contributed by atoms with Crippen LogP contribution < -0.4 is 5.32 Å². The zero-order valence-corrected chi connectivity index (χ0v) is 11.7. The Balaban J connectivity index is 2.10. The summed E-state index contributed by atoms with van der Waals surface area (Å²) in [7, 11) is 0. The van der Waals surface area contributed by atoms with Crippen molar-refractivity contribution in [2.45, 2.75) is 53.0 Å². The molecule has 0 aliphatic rings. The van der Waals surface area contributed by atoms with Crippen molar-refractivity contribution in [3.05, 3.63) is 16.1 Å². The summed E-state index contributed by atoms with van der Waals surface area (Å²) in [6, 6.07) is 0.628. The molecule has 1 unspecified atom stereocenters. The highest BCUT2D eigenvalue weighted by atomic mass is 32.1. The van der Waals surface area contributed by atoms with Crippen LogP contribution >= 0.6 is 11.3 Å². The Labute approximate surface area is 103 Å². The van der Waals surface area contributed by atoms with Crippen LogP contribution in [0.2, 0.25) is 0 Å². The third-order valence-corrected chi connectivity index (χ3v) is 3.70. The molecule has 1 aromatic heterocycles. The lowest BCUT2D eigenvalue weighted by Crippen LogP contribution is -2.28. The van der Waals surface area contributed by atoms with Crippen molar-refractivity contribution in [2.24, 2.45) is 5.92 Å². The van der Waals surface area contributed by atoms with Crippen LogP contribution in [0.3, 0.4) is 0 Å². The minimum absolute atomic E-state index is 0.628. The summed E-state index contributed by atoms with van der Waals surface area (Å²) in [6.07, 6.45) is 3.64. The van der Waals surface area contributed by atoms with Gasteiger partial charge in [-0.2, -0.15) is 0 Å². The van der Waals surface area contributed by atoms with E-state index in [1.807, 2.05) is 0 Å². The van der Waals surface area contributed by atoms with Crippen molar-refractivity contribution in [1.29, 1.82) is 0 Å². The van der Waals surface area contributed by atoms with Gasteiger partial charge in [-0.25, -0.2) is 4.98 Å². The third-order valence-electron chi connectivity index (χ3n) is 2.68. The molecule has 0 bridgehead atoms. The predicted octanol–water partition coefficient (Wildman–Crippen LogP) is 3.41. The van der Waals surface area contributed by atoms with Crippen molar-refractivity contribution in [1.82, 2.24) is 10.3 Å². The molecule has 0 saturated carbocycles. The first-order valence-electron chi connectivity index (χ1n) is 6.22. The second-order valence-corrected chi connectivity index (χ2v) is 5.90. The van der Waals surface area contributed by atoms with Crippen molar-refractivity contribution < 1.29 is 0 Å².